The molecule has 0 atom stereocenters. The number of aromatic nitrogens is 1. The van der Waals surface area contributed by atoms with Crippen molar-refractivity contribution in [1.82, 2.24) is 14.2 Å². The summed E-state index contributed by atoms with van der Waals surface area (Å²) in [6, 6.07) is 15.6. The molecule has 0 bridgehead atoms. The molecule has 0 saturated carbocycles. The van der Waals surface area contributed by atoms with Gasteiger partial charge in [-0.15, -0.1) is 0 Å². The van der Waals surface area contributed by atoms with Crippen molar-refractivity contribution in [3.05, 3.63) is 65.9 Å². The molecular weight excluding hydrogens is 412 g/mol. The van der Waals surface area contributed by atoms with Gasteiger partial charge >= 0.3 is 0 Å². The van der Waals surface area contributed by atoms with Crippen molar-refractivity contribution >= 4 is 32.5 Å². The van der Waals surface area contributed by atoms with Crippen LogP contribution < -0.4 is 5.32 Å². The van der Waals surface area contributed by atoms with E-state index in [9.17, 15) is 13.2 Å². The lowest BCUT2D eigenvalue weighted by molar-refractivity contribution is 0.102. The number of pyridine rings is 1. The highest BCUT2D eigenvalue weighted by Gasteiger charge is 2.28. The van der Waals surface area contributed by atoms with Crippen molar-refractivity contribution in [3.63, 3.8) is 0 Å². The van der Waals surface area contributed by atoms with Crippen LogP contribution in [-0.2, 0) is 10.0 Å². The van der Waals surface area contributed by atoms with Crippen LogP contribution in [0.25, 0.3) is 10.9 Å². The second kappa shape index (κ2) is 8.74. The third kappa shape index (κ3) is 4.46. The molecule has 1 amide bonds. The summed E-state index contributed by atoms with van der Waals surface area (Å²) in [6.45, 7) is 7.31. The lowest BCUT2D eigenvalue weighted by atomic mass is 10.1. The van der Waals surface area contributed by atoms with E-state index in [1.54, 1.807) is 30.3 Å². The molecule has 1 N–H and O–H groups in total. The first-order chi connectivity index (χ1) is 14.9. The number of piperazine rings is 1. The van der Waals surface area contributed by atoms with Crippen LogP contribution >= 0.6 is 0 Å². The summed E-state index contributed by atoms with van der Waals surface area (Å²) in [5, 5.41) is 3.64. The number of benzene rings is 2. The number of para-hydroxylation sites is 1. The zero-order valence-electron chi connectivity index (χ0n) is 17.7. The van der Waals surface area contributed by atoms with Gasteiger partial charge in [-0.3, -0.25) is 9.78 Å². The summed E-state index contributed by atoms with van der Waals surface area (Å²) in [5.41, 5.74) is 2.60. The quantitative estimate of drug-likeness (QED) is 0.662. The van der Waals surface area contributed by atoms with Crippen molar-refractivity contribution in [1.29, 1.82) is 0 Å². The molecular formula is C23H26N4O3S. The summed E-state index contributed by atoms with van der Waals surface area (Å²) in [6.07, 6.45) is 0. The molecule has 0 radical (unpaired) electrons. The Labute approximate surface area is 182 Å². The Bertz CT molecular complexity index is 1200. The summed E-state index contributed by atoms with van der Waals surface area (Å²) in [4.78, 5) is 19.8. The summed E-state index contributed by atoms with van der Waals surface area (Å²) < 4.78 is 27.4. The molecule has 3 aromatic rings. The maximum atomic E-state index is 12.9. The van der Waals surface area contributed by atoms with Gasteiger partial charge in [-0.1, -0.05) is 25.1 Å². The zero-order valence-corrected chi connectivity index (χ0v) is 18.5. The molecule has 0 spiro atoms. The fourth-order valence-corrected chi connectivity index (χ4v) is 5.26. The highest BCUT2D eigenvalue weighted by atomic mass is 32.2. The van der Waals surface area contributed by atoms with E-state index in [-0.39, 0.29) is 10.8 Å². The Hall–Kier alpha value is -2.81. The number of likely N-dealkylation sites (N-methyl/N-ethyl adjacent to an activating group) is 1. The minimum atomic E-state index is -3.54. The fourth-order valence-electron chi connectivity index (χ4n) is 3.84. The average molecular weight is 439 g/mol. The van der Waals surface area contributed by atoms with Gasteiger partial charge in [0.25, 0.3) is 5.91 Å². The van der Waals surface area contributed by atoms with Gasteiger partial charge in [0.15, 0.2) is 0 Å². The van der Waals surface area contributed by atoms with Crippen molar-refractivity contribution in [3.8, 4) is 0 Å². The summed E-state index contributed by atoms with van der Waals surface area (Å²) >= 11 is 0. The van der Waals surface area contributed by atoms with E-state index in [2.05, 4.69) is 22.1 Å². The normalized spacial score (nSPS) is 15.8. The van der Waals surface area contributed by atoms with Crippen LogP contribution in [0.1, 0.15) is 23.0 Å². The van der Waals surface area contributed by atoms with Crippen molar-refractivity contribution in [2.75, 3.05) is 38.0 Å². The van der Waals surface area contributed by atoms with Gasteiger partial charge in [-0.25, -0.2) is 8.42 Å². The largest absolute Gasteiger partial charge is 0.322 e. The minimum Gasteiger partial charge on any atom is -0.322 e. The number of sulfonamides is 1. The molecule has 1 aliphatic rings. The highest BCUT2D eigenvalue weighted by Crippen LogP contribution is 2.22. The van der Waals surface area contributed by atoms with Gasteiger partial charge in [0.05, 0.1) is 16.0 Å². The number of carbonyl (C=O) groups excluding carboxylic acids is 1. The van der Waals surface area contributed by atoms with Gasteiger partial charge in [0.2, 0.25) is 10.0 Å². The SMILES string of the molecule is CCN1CCN(S(=O)(=O)c2ccc(NC(=O)c3cc(C)nc4ccccc34)cc2)CC1. The van der Waals surface area contributed by atoms with Crippen LogP contribution in [0.3, 0.4) is 0 Å². The van der Waals surface area contributed by atoms with Crippen LogP contribution in [0.4, 0.5) is 5.69 Å². The summed E-state index contributed by atoms with van der Waals surface area (Å²) in [7, 11) is -3.54. The fraction of sp³-hybridized carbons (Fsp3) is 0.304. The summed E-state index contributed by atoms with van der Waals surface area (Å²) in [5.74, 6) is -0.256. The first-order valence-corrected chi connectivity index (χ1v) is 11.8. The molecule has 0 aliphatic carbocycles. The number of carbonyl (C=O) groups is 1. The second-order valence-corrected chi connectivity index (χ2v) is 9.58. The number of aryl methyl sites for hydroxylation is 1. The second-order valence-electron chi connectivity index (χ2n) is 7.65. The monoisotopic (exact) mass is 438 g/mol. The van der Waals surface area contributed by atoms with Crippen LogP contribution in [0.5, 0.6) is 0 Å². The van der Waals surface area contributed by atoms with Crippen molar-refractivity contribution in [2.24, 2.45) is 0 Å². The molecule has 2 aromatic carbocycles. The highest BCUT2D eigenvalue weighted by molar-refractivity contribution is 7.89. The third-order valence-electron chi connectivity index (χ3n) is 5.62. The number of nitrogens with zero attached hydrogens (tertiary/aromatic N) is 3. The van der Waals surface area contributed by atoms with E-state index in [1.165, 1.54) is 4.31 Å². The first kappa shape index (κ1) is 21.4. The van der Waals surface area contributed by atoms with Gasteiger partial charge in [-0.2, -0.15) is 4.31 Å². The van der Waals surface area contributed by atoms with E-state index in [4.69, 9.17) is 0 Å². The maximum Gasteiger partial charge on any atom is 0.256 e. The average Bonchev–Trinajstić information content (AvgIpc) is 2.78. The molecule has 0 unspecified atom stereocenters. The number of anilines is 1. The van der Waals surface area contributed by atoms with Crippen LogP contribution in [0, 0.1) is 6.92 Å². The lowest BCUT2D eigenvalue weighted by Crippen LogP contribution is -2.48. The number of amides is 1. The molecule has 1 saturated heterocycles. The van der Waals surface area contributed by atoms with E-state index in [0.717, 1.165) is 36.2 Å². The van der Waals surface area contributed by atoms with Gasteiger partial charge in [-0.05, 0) is 49.9 Å². The van der Waals surface area contributed by atoms with Gasteiger partial charge in [0, 0.05) is 42.9 Å². The molecule has 31 heavy (non-hydrogen) atoms. The van der Waals surface area contributed by atoms with Crippen molar-refractivity contribution in [2.45, 2.75) is 18.7 Å². The van der Waals surface area contributed by atoms with E-state index >= 15 is 0 Å². The van der Waals surface area contributed by atoms with E-state index in [1.807, 2.05) is 31.2 Å². The van der Waals surface area contributed by atoms with Crippen LogP contribution in [0.2, 0.25) is 0 Å². The molecule has 162 valence electrons. The smallest absolute Gasteiger partial charge is 0.256 e. The zero-order chi connectivity index (χ0) is 22.0. The Morgan fingerprint density at radius 1 is 1.03 bits per heavy atom. The Morgan fingerprint density at radius 2 is 1.71 bits per heavy atom. The Kier molecular flexibility index (Phi) is 6.04. The molecule has 4 rings (SSSR count). The van der Waals surface area contributed by atoms with Gasteiger partial charge in [0.1, 0.15) is 0 Å². The standard InChI is InChI=1S/C23H26N4O3S/c1-3-26-12-14-27(15-13-26)31(29,30)19-10-8-18(9-11-19)25-23(28)21-16-17(2)24-22-7-5-4-6-20(21)22/h4-11,16H,3,12-15H2,1-2H3,(H,25,28). The van der Waals surface area contributed by atoms with Crippen LogP contribution in [0.15, 0.2) is 59.5 Å². The predicted octanol–water partition coefficient (Wildman–Crippen LogP) is 3.12. The molecule has 8 heteroatoms. The number of nitrogens with one attached hydrogen (secondary N) is 1. The number of hydrogen-bond acceptors (Lipinski definition) is 5. The first-order valence-electron chi connectivity index (χ1n) is 10.4. The molecule has 7 nitrogen and oxygen atoms in total. The molecule has 1 aromatic heterocycles. The lowest BCUT2D eigenvalue weighted by Gasteiger charge is -2.33. The van der Waals surface area contributed by atoms with Gasteiger partial charge < -0.3 is 10.2 Å². The van der Waals surface area contributed by atoms with Crippen LogP contribution in [-0.4, -0.2) is 61.2 Å². The Morgan fingerprint density at radius 3 is 2.39 bits per heavy atom. The third-order valence-corrected chi connectivity index (χ3v) is 7.53. The number of rotatable bonds is 5. The number of hydrogen-bond donors (Lipinski definition) is 1. The minimum absolute atomic E-state index is 0.237. The maximum absolute atomic E-state index is 12.9. The Balaban J connectivity index is 1.51. The predicted molar refractivity (Wildman–Crippen MR) is 122 cm³/mol. The molecule has 1 aliphatic heterocycles. The van der Waals surface area contributed by atoms with E-state index in [0.29, 0.717) is 24.3 Å². The van der Waals surface area contributed by atoms with Crippen molar-refractivity contribution < 1.29 is 13.2 Å². The topological polar surface area (TPSA) is 82.6 Å². The van der Waals surface area contributed by atoms with E-state index < -0.39 is 10.0 Å². The molecule has 1 fully saturated rings. The molecule has 2 heterocycles. The number of fused-ring (bicyclic) bond motifs is 1.